The lowest BCUT2D eigenvalue weighted by Gasteiger charge is -2.30. The fourth-order valence-corrected chi connectivity index (χ4v) is 4.05. The lowest BCUT2D eigenvalue weighted by Crippen LogP contribution is -2.40. The summed E-state index contributed by atoms with van der Waals surface area (Å²) in [5.74, 6) is 0.395. The molecule has 0 saturated carbocycles. The molecular weight excluding hydrogens is 312 g/mol. The summed E-state index contributed by atoms with van der Waals surface area (Å²) in [5, 5.41) is 0. The number of hydrogen-bond donors (Lipinski definition) is 0. The monoisotopic (exact) mass is 338 g/mol. The lowest BCUT2D eigenvalue weighted by molar-refractivity contribution is 0.0700. The van der Waals surface area contributed by atoms with Crippen LogP contribution in [0.2, 0.25) is 0 Å². The van der Waals surface area contributed by atoms with Crippen molar-refractivity contribution in [1.82, 2.24) is 4.90 Å². The van der Waals surface area contributed by atoms with Crippen molar-refractivity contribution in [3.8, 4) is 0 Å². The zero-order chi connectivity index (χ0) is 17.0. The van der Waals surface area contributed by atoms with Crippen LogP contribution in [0, 0.1) is 0 Å². The van der Waals surface area contributed by atoms with E-state index in [1.165, 1.54) is 0 Å². The molecule has 1 saturated heterocycles. The van der Waals surface area contributed by atoms with Crippen molar-refractivity contribution >= 4 is 21.4 Å². The first-order chi connectivity index (χ1) is 10.9. The van der Waals surface area contributed by atoms with Gasteiger partial charge in [-0.25, -0.2) is 8.42 Å². The van der Waals surface area contributed by atoms with E-state index in [1.54, 1.807) is 0 Å². The Labute approximate surface area is 139 Å². The molecule has 0 aliphatic carbocycles. The van der Waals surface area contributed by atoms with Crippen molar-refractivity contribution in [1.29, 1.82) is 0 Å². The van der Waals surface area contributed by atoms with Gasteiger partial charge in [-0.2, -0.15) is 0 Å². The average molecular weight is 338 g/mol. The van der Waals surface area contributed by atoms with E-state index in [1.807, 2.05) is 41.0 Å². The highest BCUT2D eigenvalue weighted by atomic mass is 32.2. The van der Waals surface area contributed by atoms with Gasteiger partial charge in [0.1, 0.15) is 0 Å². The van der Waals surface area contributed by atoms with E-state index in [-0.39, 0.29) is 23.5 Å². The quantitative estimate of drug-likeness (QED) is 0.826. The molecular formula is C17H26N2O3S. The van der Waals surface area contributed by atoms with E-state index in [0.29, 0.717) is 25.2 Å². The topological polar surface area (TPSA) is 57.7 Å². The standard InChI is InChI=1S/C17H26N2O3S/c1-4-14(3)19(5-2)17(20)15-7-6-8-16(13-15)18-9-11-23(21,22)12-10-18/h6-8,13-14H,4-5,9-12H2,1-3H3. The SMILES string of the molecule is CCC(C)N(CC)C(=O)c1cccc(N2CCS(=O)(=O)CC2)c1. The van der Waals surface area contributed by atoms with Crippen LogP contribution in [0.5, 0.6) is 0 Å². The maximum absolute atomic E-state index is 12.7. The van der Waals surface area contributed by atoms with Gasteiger partial charge in [-0.1, -0.05) is 13.0 Å². The minimum atomic E-state index is -2.90. The Kier molecular flexibility index (Phi) is 5.68. The summed E-state index contributed by atoms with van der Waals surface area (Å²) in [4.78, 5) is 16.6. The van der Waals surface area contributed by atoms with Crippen LogP contribution in [0.3, 0.4) is 0 Å². The summed E-state index contributed by atoms with van der Waals surface area (Å²) in [6, 6.07) is 7.73. The van der Waals surface area contributed by atoms with Crippen molar-refractivity contribution in [3.05, 3.63) is 29.8 Å². The highest BCUT2D eigenvalue weighted by Gasteiger charge is 2.23. The number of hydrogen-bond acceptors (Lipinski definition) is 4. The molecule has 5 nitrogen and oxygen atoms in total. The molecule has 1 aliphatic heterocycles. The van der Waals surface area contributed by atoms with Crippen LogP contribution in [0.25, 0.3) is 0 Å². The molecule has 1 unspecified atom stereocenters. The minimum Gasteiger partial charge on any atom is -0.369 e. The van der Waals surface area contributed by atoms with Crippen molar-refractivity contribution in [3.63, 3.8) is 0 Å². The van der Waals surface area contributed by atoms with Crippen LogP contribution < -0.4 is 4.90 Å². The van der Waals surface area contributed by atoms with Crippen LogP contribution >= 0.6 is 0 Å². The third kappa shape index (κ3) is 4.25. The maximum atomic E-state index is 12.7. The number of carbonyl (C=O) groups is 1. The normalized spacial score (nSPS) is 18.5. The molecule has 6 heteroatoms. The van der Waals surface area contributed by atoms with Gasteiger partial charge in [-0.3, -0.25) is 4.79 Å². The summed E-state index contributed by atoms with van der Waals surface area (Å²) in [7, 11) is -2.90. The third-order valence-corrected chi connectivity index (χ3v) is 6.14. The third-order valence-electron chi connectivity index (χ3n) is 4.53. The van der Waals surface area contributed by atoms with Crippen molar-refractivity contribution in [2.24, 2.45) is 0 Å². The first kappa shape index (κ1) is 17.8. The number of nitrogens with zero attached hydrogens (tertiary/aromatic N) is 2. The minimum absolute atomic E-state index is 0.0355. The Bertz CT molecular complexity index is 644. The number of benzene rings is 1. The van der Waals surface area contributed by atoms with Crippen LogP contribution in [0.1, 0.15) is 37.6 Å². The fourth-order valence-electron chi connectivity index (χ4n) is 2.85. The first-order valence-electron chi connectivity index (χ1n) is 8.24. The van der Waals surface area contributed by atoms with Gasteiger partial charge < -0.3 is 9.80 Å². The lowest BCUT2D eigenvalue weighted by atomic mass is 10.1. The molecule has 2 rings (SSSR count). The molecule has 0 spiro atoms. The number of carbonyl (C=O) groups excluding carboxylic acids is 1. The smallest absolute Gasteiger partial charge is 0.254 e. The van der Waals surface area contributed by atoms with Crippen LogP contribution in [-0.2, 0) is 9.84 Å². The summed E-state index contributed by atoms with van der Waals surface area (Å²) in [5.41, 5.74) is 1.59. The Morgan fingerprint density at radius 2 is 1.91 bits per heavy atom. The van der Waals surface area contributed by atoms with Crippen LogP contribution in [0.15, 0.2) is 24.3 Å². The second kappa shape index (κ2) is 7.34. The number of anilines is 1. The van der Waals surface area contributed by atoms with Crippen molar-refractivity contribution in [2.45, 2.75) is 33.2 Å². The van der Waals surface area contributed by atoms with Crippen LogP contribution in [0.4, 0.5) is 5.69 Å². The fraction of sp³-hybridized carbons (Fsp3) is 0.588. The van der Waals surface area contributed by atoms with Crippen molar-refractivity contribution < 1.29 is 13.2 Å². The summed E-state index contributed by atoms with van der Waals surface area (Å²) < 4.78 is 23.1. The van der Waals surface area contributed by atoms with Crippen LogP contribution in [-0.4, -0.2) is 56.4 Å². The van der Waals surface area contributed by atoms with Gasteiger partial charge in [0.2, 0.25) is 0 Å². The molecule has 1 atom stereocenters. The molecule has 0 bridgehead atoms. The molecule has 1 heterocycles. The highest BCUT2D eigenvalue weighted by Crippen LogP contribution is 2.20. The van der Waals surface area contributed by atoms with Gasteiger partial charge >= 0.3 is 0 Å². The molecule has 0 aromatic heterocycles. The van der Waals surface area contributed by atoms with Gasteiger partial charge in [-0.15, -0.1) is 0 Å². The molecule has 0 N–H and O–H groups in total. The van der Waals surface area contributed by atoms with Gasteiger partial charge in [0.05, 0.1) is 11.5 Å². The van der Waals surface area contributed by atoms with Gasteiger partial charge in [0.25, 0.3) is 5.91 Å². The number of amides is 1. The van der Waals surface area contributed by atoms with E-state index in [2.05, 4.69) is 13.8 Å². The summed E-state index contributed by atoms with van der Waals surface area (Å²) in [6.45, 7) is 7.78. The van der Waals surface area contributed by atoms with Gasteiger partial charge in [-0.05, 0) is 38.5 Å². The number of rotatable bonds is 5. The van der Waals surface area contributed by atoms with E-state index >= 15 is 0 Å². The molecule has 1 fully saturated rings. The molecule has 1 aromatic rings. The summed E-state index contributed by atoms with van der Waals surface area (Å²) in [6.07, 6.45) is 0.920. The molecule has 0 radical (unpaired) electrons. The van der Waals surface area contributed by atoms with Gasteiger partial charge in [0.15, 0.2) is 9.84 Å². The van der Waals surface area contributed by atoms with Crippen molar-refractivity contribution in [2.75, 3.05) is 36.0 Å². The second-order valence-electron chi connectivity index (χ2n) is 6.04. The second-order valence-corrected chi connectivity index (χ2v) is 8.34. The van der Waals surface area contributed by atoms with E-state index in [9.17, 15) is 13.2 Å². The van der Waals surface area contributed by atoms with E-state index in [4.69, 9.17) is 0 Å². The number of sulfone groups is 1. The van der Waals surface area contributed by atoms with E-state index < -0.39 is 9.84 Å². The molecule has 1 aliphatic rings. The highest BCUT2D eigenvalue weighted by molar-refractivity contribution is 7.91. The zero-order valence-corrected chi connectivity index (χ0v) is 15.0. The molecule has 1 aromatic carbocycles. The Hall–Kier alpha value is -1.56. The summed E-state index contributed by atoms with van der Waals surface area (Å²) >= 11 is 0. The Balaban J connectivity index is 2.18. The Morgan fingerprint density at radius 3 is 2.48 bits per heavy atom. The van der Waals surface area contributed by atoms with E-state index in [0.717, 1.165) is 12.1 Å². The van der Waals surface area contributed by atoms with Gasteiger partial charge in [0, 0.05) is 36.9 Å². The molecule has 23 heavy (non-hydrogen) atoms. The maximum Gasteiger partial charge on any atom is 0.254 e. The molecule has 1 amide bonds. The average Bonchev–Trinajstić information content (AvgIpc) is 2.55. The molecule has 128 valence electrons. The predicted octanol–water partition coefficient (Wildman–Crippen LogP) is 2.18. The predicted molar refractivity (Wildman–Crippen MR) is 93.8 cm³/mol. The largest absolute Gasteiger partial charge is 0.369 e. The zero-order valence-electron chi connectivity index (χ0n) is 14.2. The Morgan fingerprint density at radius 1 is 1.26 bits per heavy atom. The first-order valence-corrected chi connectivity index (χ1v) is 10.1.